The van der Waals surface area contributed by atoms with Gasteiger partial charge in [0.1, 0.15) is 0 Å². The molecule has 27 heavy (non-hydrogen) atoms. The number of rotatable bonds is 4. The molecule has 2 amide bonds. The molecular formula is C22H29N3O2. The normalized spacial score (nSPS) is 37.0. The van der Waals surface area contributed by atoms with Crippen molar-refractivity contribution in [2.24, 2.45) is 23.7 Å². The van der Waals surface area contributed by atoms with Gasteiger partial charge in [-0.3, -0.25) is 9.59 Å². The van der Waals surface area contributed by atoms with Crippen molar-refractivity contribution in [1.29, 1.82) is 0 Å². The maximum absolute atomic E-state index is 12.7. The molecule has 4 saturated carbocycles. The number of nitrogens with one attached hydrogen (secondary N) is 3. The Hall–Kier alpha value is -2.04. The first kappa shape index (κ1) is 17.1. The van der Waals surface area contributed by atoms with E-state index < -0.39 is 0 Å². The summed E-state index contributed by atoms with van der Waals surface area (Å²) in [7, 11) is 0. The fourth-order valence-corrected chi connectivity index (χ4v) is 6.44. The molecule has 1 aliphatic heterocycles. The van der Waals surface area contributed by atoms with Crippen LogP contribution in [0.15, 0.2) is 24.3 Å². The van der Waals surface area contributed by atoms with Crippen LogP contribution in [0.5, 0.6) is 0 Å². The maximum atomic E-state index is 12.7. The lowest BCUT2D eigenvalue weighted by molar-refractivity contribution is -0.126. The van der Waals surface area contributed by atoms with Crippen LogP contribution in [0.1, 0.15) is 51.4 Å². The number of amides is 2. The molecule has 5 aliphatic rings. The summed E-state index contributed by atoms with van der Waals surface area (Å²) in [5, 5.41) is 9.81. The second-order valence-electron chi connectivity index (χ2n) is 9.40. The summed E-state index contributed by atoms with van der Waals surface area (Å²) in [6, 6.07) is 8.10. The highest BCUT2D eigenvalue weighted by atomic mass is 16.2. The number of hydrogen-bond acceptors (Lipinski definition) is 3. The van der Waals surface area contributed by atoms with E-state index >= 15 is 0 Å². The zero-order valence-electron chi connectivity index (χ0n) is 15.8. The van der Waals surface area contributed by atoms with Crippen LogP contribution in [0, 0.1) is 23.7 Å². The molecule has 0 spiro atoms. The van der Waals surface area contributed by atoms with Gasteiger partial charge in [0.2, 0.25) is 11.8 Å². The van der Waals surface area contributed by atoms with Crippen LogP contribution in [-0.2, 0) is 9.59 Å². The van der Waals surface area contributed by atoms with Crippen LogP contribution in [-0.4, -0.2) is 23.9 Å². The number of piperidine rings is 1. The zero-order valence-corrected chi connectivity index (χ0v) is 15.8. The van der Waals surface area contributed by atoms with E-state index in [4.69, 9.17) is 0 Å². The van der Waals surface area contributed by atoms with Crippen LogP contribution < -0.4 is 16.0 Å². The minimum Gasteiger partial charge on any atom is -0.378 e. The van der Waals surface area contributed by atoms with Crippen LogP contribution in [0.4, 0.5) is 11.4 Å². The highest BCUT2D eigenvalue weighted by Gasteiger charge is 2.51. The molecule has 1 atom stereocenters. The molecule has 0 unspecified atom stereocenters. The number of carbonyl (C=O) groups excluding carboxylic acids is 2. The third-order valence-electron chi connectivity index (χ3n) is 7.26. The van der Waals surface area contributed by atoms with Crippen LogP contribution >= 0.6 is 0 Å². The maximum Gasteiger partial charge on any atom is 0.229 e. The third-order valence-corrected chi connectivity index (χ3v) is 7.26. The highest BCUT2D eigenvalue weighted by Crippen LogP contribution is 2.56. The van der Waals surface area contributed by atoms with Gasteiger partial charge < -0.3 is 16.0 Å². The van der Waals surface area contributed by atoms with E-state index in [2.05, 4.69) is 22.0 Å². The van der Waals surface area contributed by atoms with Gasteiger partial charge in [0.05, 0.1) is 17.3 Å². The van der Waals surface area contributed by atoms with Crippen molar-refractivity contribution in [2.45, 2.75) is 56.9 Å². The summed E-state index contributed by atoms with van der Waals surface area (Å²) in [6.07, 6.45) is 9.15. The largest absolute Gasteiger partial charge is 0.378 e. The first-order valence-corrected chi connectivity index (χ1v) is 10.5. The molecule has 5 nitrogen and oxygen atoms in total. The predicted octanol–water partition coefficient (Wildman–Crippen LogP) is 3.53. The number of para-hydroxylation sites is 2. The Balaban J connectivity index is 1.31. The van der Waals surface area contributed by atoms with Crippen molar-refractivity contribution in [3.63, 3.8) is 0 Å². The Morgan fingerprint density at radius 1 is 1.00 bits per heavy atom. The smallest absolute Gasteiger partial charge is 0.229 e. The lowest BCUT2D eigenvalue weighted by Gasteiger charge is -2.57. The van der Waals surface area contributed by atoms with Gasteiger partial charge in [0.15, 0.2) is 0 Å². The molecular weight excluding hydrogens is 338 g/mol. The molecule has 4 bridgehead atoms. The van der Waals surface area contributed by atoms with Gasteiger partial charge >= 0.3 is 0 Å². The molecule has 6 rings (SSSR count). The average molecular weight is 367 g/mol. The van der Waals surface area contributed by atoms with E-state index in [1.807, 2.05) is 18.2 Å². The van der Waals surface area contributed by atoms with Gasteiger partial charge in [-0.25, -0.2) is 0 Å². The Morgan fingerprint density at radius 2 is 1.63 bits per heavy atom. The van der Waals surface area contributed by atoms with Gasteiger partial charge in [0.25, 0.3) is 0 Å². The molecule has 1 aromatic rings. The van der Waals surface area contributed by atoms with Gasteiger partial charge in [-0.05, 0) is 74.8 Å². The third kappa shape index (κ3) is 3.32. The topological polar surface area (TPSA) is 70.2 Å². The van der Waals surface area contributed by atoms with Crippen molar-refractivity contribution in [3.05, 3.63) is 24.3 Å². The summed E-state index contributed by atoms with van der Waals surface area (Å²) in [4.78, 5) is 24.0. The van der Waals surface area contributed by atoms with Gasteiger partial charge in [-0.1, -0.05) is 12.1 Å². The van der Waals surface area contributed by atoms with Crippen molar-refractivity contribution >= 4 is 23.2 Å². The molecule has 5 fully saturated rings. The first-order chi connectivity index (χ1) is 13.1. The van der Waals surface area contributed by atoms with E-state index in [1.165, 1.54) is 38.5 Å². The number of carbonyl (C=O) groups is 2. The molecule has 1 aromatic carbocycles. The van der Waals surface area contributed by atoms with Crippen molar-refractivity contribution < 1.29 is 9.59 Å². The van der Waals surface area contributed by atoms with Crippen molar-refractivity contribution in [2.75, 3.05) is 17.2 Å². The Labute approximate surface area is 160 Å². The lowest BCUT2D eigenvalue weighted by atomic mass is 9.53. The molecule has 0 radical (unpaired) electrons. The average Bonchev–Trinajstić information content (AvgIpc) is 2.62. The van der Waals surface area contributed by atoms with E-state index in [1.54, 1.807) is 0 Å². The summed E-state index contributed by atoms with van der Waals surface area (Å²) in [5.41, 5.74) is 2.14. The molecule has 0 aromatic heterocycles. The first-order valence-electron chi connectivity index (χ1n) is 10.5. The van der Waals surface area contributed by atoms with Gasteiger partial charge in [-0.2, -0.15) is 0 Å². The van der Waals surface area contributed by atoms with Crippen molar-refractivity contribution in [3.8, 4) is 0 Å². The van der Waals surface area contributed by atoms with Crippen LogP contribution in [0.2, 0.25) is 0 Å². The Kier molecular flexibility index (Phi) is 4.14. The Bertz CT molecular complexity index is 714. The number of anilines is 2. The second-order valence-corrected chi connectivity index (χ2v) is 9.40. The minimum atomic E-state index is -0.143. The fourth-order valence-electron chi connectivity index (χ4n) is 6.44. The van der Waals surface area contributed by atoms with E-state index in [0.29, 0.717) is 19.4 Å². The van der Waals surface area contributed by atoms with Crippen molar-refractivity contribution in [1.82, 2.24) is 5.32 Å². The zero-order chi connectivity index (χ0) is 18.4. The molecule has 3 N–H and O–H groups in total. The molecule has 4 aliphatic carbocycles. The molecule has 5 heteroatoms. The summed E-state index contributed by atoms with van der Waals surface area (Å²) >= 11 is 0. The number of hydrogen-bond donors (Lipinski definition) is 3. The molecule has 1 saturated heterocycles. The summed E-state index contributed by atoms with van der Waals surface area (Å²) < 4.78 is 0. The predicted molar refractivity (Wildman–Crippen MR) is 105 cm³/mol. The van der Waals surface area contributed by atoms with E-state index in [0.717, 1.165) is 29.1 Å². The number of benzene rings is 1. The lowest BCUT2D eigenvalue weighted by Crippen LogP contribution is -2.54. The van der Waals surface area contributed by atoms with Gasteiger partial charge in [-0.15, -0.1) is 0 Å². The summed E-state index contributed by atoms with van der Waals surface area (Å²) in [6.45, 7) is 0.440. The quantitative estimate of drug-likeness (QED) is 0.762. The van der Waals surface area contributed by atoms with E-state index in [9.17, 15) is 9.59 Å². The Morgan fingerprint density at radius 3 is 2.22 bits per heavy atom. The monoisotopic (exact) mass is 367 g/mol. The SMILES string of the molecule is O=C1CC[C@H](C(=O)Nc2ccccc2NC23CC4CC(CC(C4)C2)C3)CN1. The fraction of sp³-hybridized carbons (Fsp3) is 0.636. The molecule has 1 heterocycles. The van der Waals surface area contributed by atoms with Gasteiger partial charge in [0, 0.05) is 18.5 Å². The molecule has 144 valence electrons. The van der Waals surface area contributed by atoms with Crippen LogP contribution in [0.3, 0.4) is 0 Å². The van der Waals surface area contributed by atoms with Crippen LogP contribution in [0.25, 0.3) is 0 Å². The summed E-state index contributed by atoms with van der Waals surface area (Å²) in [5.74, 6) is 2.57. The minimum absolute atomic E-state index is 0.00904. The van der Waals surface area contributed by atoms with E-state index in [-0.39, 0.29) is 23.3 Å². The standard InChI is InChI=1S/C22H29N3O2/c26-20-6-5-17(13-23-20)21(27)24-18-3-1-2-4-19(18)25-22-10-14-7-15(11-22)9-16(8-14)12-22/h1-4,14-17,25H,5-13H2,(H,23,26)(H,24,27)/t14?,15?,16?,17-,22?/m0/s1. The second kappa shape index (κ2) is 6.54. The highest BCUT2D eigenvalue weighted by molar-refractivity contribution is 5.96.